The summed E-state index contributed by atoms with van der Waals surface area (Å²) >= 11 is 1.27. The first-order chi connectivity index (χ1) is 8.56. The van der Waals surface area contributed by atoms with Gasteiger partial charge in [0.05, 0.1) is 4.70 Å². The molecule has 0 spiro atoms. The van der Waals surface area contributed by atoms with E-state index < -0.39 is 11.6 Å². The highest BCUT2D eigenvalue weighted by Gasteiger charge is 2.10. The molecule has 0 saturated heterocycles. The van der Waals surface area contributed by atoms with Crippen LogP contribution in [0.3, 0.4) is 0 Å². The van der Waals surface area contributed by atoms with Gasteiger partial charge in [0.25, 0.3) is 0 Å². The smallest absolute Gasteiger partial charge is 0.183 e. The first kappa shape index (κ1) is 13.2. The Morgan fingerprint density at radius 1 is 1.33 bits per heavy atom. The van der Waals surface area contributed by atoms with Gasteiger partial charge in [-0.15, -0.1) is 0 Å². The molecule has 0 aliphatic carbocycles. The molecule has 0 radical (unpaired) electrons. The molecule has 0 fully saturated rings. The highest BCUT2D eigenvalue weighted by molar-refractivity contribution is 7.22. The standard InChI is InChI=1S/C12H15F2N3S/c1-17(2)5-3-4-15-12-16-11-9(14)6-8(13)7-10(11)18-12/h6-7H,3-5H2,1-2H3,(H,15,16). The Morgan fingerprint density at radius 2 is 2.11 bits per heavy atom. The van der Waals surface area contributed by atoms with Crippen LogP contribution < -0.4 is 5.32 Å². The minimum atomic E-state index is -0.609. The fourth-order valence-corrected chi connectivity index (χ4v) is 2.55. The van der Waals surface area contributed by atoms with Crippen LogP contribution in [0.5, 0.6) is 0 Å². The molecule has 3 nitrogen and oxygen atoms in total. The third kappa shape index (κ3) is 3.14. The molecule has 18 heavy (non-hydrogen) atoms. The van der Waals surface area contributed by atoms with Gasteiger partial charge in [-0.2, -0.15) is 0 Å². The third-order valence-electron chi connectivity index (χ3n) is 2.47. The van der Waals surface area contributed by atoms with Crippen LogP contribution in [-0.2, 0) is 0 Å². The largest absolute Gasteiger partial charge is 0.361 e. The van der Waals surface area contributed by atoms with E-state index in [4.69, 9.17) is 0 Å². The number of rotatable bonds is 5. The van der Waals surface area contributed by atoms with Gasteiger partial charge in [-0.05, 0) is 33.1 Å². The maximum atomic E-state index is 13.4. The summed E-state index contributed by atoms with van der Waals surface area (Å²) in [7, 11) is 4.02. The van der Waals surface area contributed by atoms with Gasteiger partial charge in [-0.1, -0.05) is 11.3 Å². The second-order valence-corrected chi connectivity index (χ2v) is 5.37. The topological polar surface area (TPSA) is 28.2 Å². The summed E-state index contributed by atoms with van der Waals surface area (Å²) in [6.07, 6.45) is 0.972. The molecule has 1 N–H and O–H groups in total. The molecule has 98 valence electrons. The lowest BCUT2D eigenvalue weighted by atomic mass is 10.3. The van der Waals surface area contributed by atoms with Crippen molar-refractivity contribution >= 4 is 26.7 Å². The van der Waals surface area contributed by atoms with Crippen LogP contribution in [0.2, 0.25) is 0 Å². The van der Waals surface area contributed by atoms with E-state index in [1.54, 1.807) is 0 Å². The predicted molar refractivity (Wildman–Crippen MR) is 71.2 cm³/mol. The highest BCUT2D eigenvalue weighted by Crippen LogP contribution is 2.28. The molecule has 2 rings (SSSR count). The van der Waals surface area contributed by atoms with Gasteiger partial charge >= 0.3 is 0 Å². The predicted octanol–water partition coefficient (Wildman–Crippen LogP) is 2.94. The summed E-state index contributed by atoms with van der Waals surface area (Å²) in [5.74, 6) is -1.18. The Bertz CT molecular complexity index is 539. The zero-order valence-corrected chi connectivity index (χ0v) is 11.2. The van der Waals surface area contributed by atoms with E-state index in [0.717, 1.165) is 25.6 Å². The van der Waals surface area contributed by atoms with Crippen LogP contribution in [0.1, 0.15) is 6.42 Å². The molecular formula is C12H15F2N3S. The molecule has 1 aromatic carbocycles. The van der Waals surface area contributed by atoms with Gasteiger partial charge in [-0.25, -0.2) is 13.8 Å². The van der Waals surface area contributed by atoms with Crippen molar-refractivity contribution in [2.24, 2.45) is 0 Å². The Balaban J connectivity index is 2.04. The van der Waals surface area contributed by atoms with Crippen molar-refractivity contribution in [3.05, 3.63) is 23.8 Å². The molecule has 0 amide bonds. The molecule has 6 heteroatoms. The average molecular weight is 271 g/mol. The quantitative estimate of drug-likeness (QED) is 0.847. The molecule has 0 aliphatic rings. The van der Waals surface area contributed by atoms with Crippen molar-refractivity contribution in [1.29, 1.82) is 0 Å². The summed E-state index contributed by atoms with van der Waals surface area (Å²) < 4.78 is 27.0. The van der Waals surface area contributed by atoms with Crippen LogP contribution in [-0.4, -0.2) is 37.1 Å². The molecule has 0 saturated carbocycles. The van der Waals surface area contributed by atoms with Crippen LogP contribution in [0.4, 0.5) is 13.9 Å². The molecule has 0 unspecified atom stereocenters. The highest BCUT2D eigenvalue weighted by atomic mass is 32.1. The van der Waals surface area contributed by atoms with E-state index in [1.165, 1.54) is 17.4 Å². The Labute approximate surface area is 108 Å². The van der Waals surface area contributed by atoms with E-state index in [9.17, 15) is 8.78 Å². The van der Waals surface area contributed by atoms with E-state index in [0.29, 0.717) is 9.83 Å². The monoisotopic (exact) mass is 271 g/mol. The van der Waals surface area contributed by atoms with Gasteiger partial charge < -0.3 is 10.2 Å². The van der Waals surface area contributed by atoms with Crippen LogP contribution >= 0.6 is 11.3 Å². The van der Waals surface area contributed by atoms with Crippen molar-refractivity contribution in [3.8, 4) is 0 Å². The lowest BCUT2D eigenvalue weighted by Gasteiger charge is -2.08. The van der Waals surface area contributed by atoms with Crippen molar-refractivity contribution in [3.63, 3.8) is 0 Å². The fraction of sp³-hybridized carbons (Fsp3) is 0.417. The Morgan fingerprint density at radius 3 is 2.83 bits per heavy atom. The number of hydrogen-bond acceptors (Lipinski definition) is 4. The fourth-order valence-electron chi connectivity index (χ4n) is 1.62. The minimum absolute atomic E-state index is 0.233. The summed E-state index contributed by atoms with van der Waals surface area (Å²) in [6, 6.07) is 2.17. The number of benzene rings is 1. The number of nitrogens with zero attached hydrogens (tertiary/aromatic N) is 2. The van der Waals surface area contributed by atoms with Crippen molar-refractivity contribution in [1.82, 2.24) is 9.88 Å². The number of halogens is 2. The zero-order valence-electron chi connectivity index (χ0n) is 10.3. The van der Waals surface area contributed by atoms with Crippen molar-refractivity contribution in [2.75, 3.05) is 32.5 Å². The summed E-state index contributed by atoms with van der Waals surface area (Å²) in [5.41, 5.74) is 0.233. The molecular weight excluding hydrogens is 256 g/mol. The van der Waals surface area contributed by atoms with Gasteiger partial charge in [0, 0.05) is 12.6 Å². The van der Waals surface area contributed by atoms with Crippen LogP contribution in [0.15, 0.2) is 12.1 Å². The number of aromatic nitrogens is 1. The average Bonchev–Trinajstić information content (AvgIpc) is 2.67. The lowest BCUT2D eigenvalue weighted by molar-refractivity contribution is 0.405. The molecule has 1 heterocycles. The molecule has 2 aromatic rings. The van der Waals surface area contributed by atoms with Crippen molar-refractivity contribution < 1.29 is 8.78 Å². The molecule has 0 aliphatic heterocycles. The summed E-state index contributed by atoms with van der Waals surface area (Å²) in [4.78, 5) is 6.21. The number of thiazole rings is 1. The Hall–Kier alpha value is -1.27. The first-order valence-electron chi connectivity index (χ1n) is 5.70. The van der Waals surface area contributed by atoms with Gasteiger partial charge in [-0.3, -0.25) is 0 Å². The lowest BCUT2D eigenvalue weighted by Crippen LogP contribution is -2.16. The van der Waals surface area contributed by atoms with Gasteiger partial charge in [0.15, 0.2) is 10.9 Å². The first-order valence-corrected chi connectivity index (χ1v) is 6.52. The van der Waals surface area contributed by atoms with E-state index >= 15 is 0 Å². The normalized spacial score (nSPS) is 11.4. The second kappa shape index (κ2) is 5.58. The van der Waals surface area contributed by atoms with E-state index in [2.05, 4.69) is 15.2 Å². The van der Waals surface area contributed by atoms with Gasteiger partial charge in [0.1, 0.15) is 11.3 Å². The third-order valence-corrected chi connectivity index (χ3v) is 3.43. The minimum Gasteiger partial charge on any atom is -0.361 e. The molecule has 1 aromatic heterocycles. The van der Waals surface area contributed by atoms with E-state index in [-0.39, 0.29) is 5.52 Å². The number of hydrogen-bond donors (Lipinski definition) is 1. The van der Waals surface area contributed by atoms with E-state index in [1.807, 2.05) is 14.1 Å². The van der Waals surface area contributed by atoms with Crippen LogP contribution in [0, 0.1) is 11.6 Å². The maximum absolute atomic E-state index is 13.4. The maximum Gasteiger partial charge on any atom is 0.183 e. The summed E-state index contributed by atoms with van der Waals surface area (Å²) in [6.45, 7) is 1.74. The summed E-state index contributed by atoms with van der Waals surface area (Å²) in [5, 5.41) is 3.76. The SMILES string of the molecule is CN(C)CCCNc1nc2c(F)cc(F)cc2s1. The zero-order chi connectivity index (χ0) is 13.1. The molecule has 0 atom stereocenters. The van der Waals surface area contributed by atoms with Crippen LogP contribution in [0.25, 0.3) is 10.2 Å². The van der Waals surface area contributed by atoms with Crippen molar-refractivity contribution in [2.45, 2.75) is 6.42 Å². The van der Waals surface area contributed by atoms with Gasteiger partial charge in [0.2, 0.25) is 0 Å². The number of nitrogens with one attached hydrogen (secondary N) is 1. The number of fused-ring (bicyclic) bond motifs is 1. The molecule has 0 bridgehead atoms. The second-order valence-electron chi connectivity index (χ2n) is 4.34. The number of anilines is 1. The Kier molecular flexibility index (Phi) is 4.08.